The highest BCUT2D eigenvalue weighted by molar-refractivity contribution is 7.80. The zero-order chi connectivity index (χ0) is 20.1. The van der Waals surface area contributed by atoms with Crippen LogP contribution >= 0.6 is 0 Å². The van der Waals surface area contributed by atoms with Crippen LogP contribution in [0.15, 0.2) is 36.5 Å². The molecule has 2 amide bonds. The van der Waals surface area contributed by atoms with Crippen molar-refractivity contribution >= 4 is 22.4 Å². The van der Waals surface area contributed by atoms with E-state index in [2.05, 4.69) is 9.38 Å². The van der Waals surface area contributed by atoms with Crippen molar-refractivity contribution < 1.29 is 31.9 Å². The number of amides is 2. The second-order valence-corrected chi connectivity index (χ2v) is 7.47. The second kappa shape index (κ2) is 6.58. The van der Waals surface area contributed by atoms with Gasteiger partial charge in [0.05, 0.1) is 18.4 Å². The zero-order valence-corrected chi connectivity index (χ0v) is 15.2. The standard InChI is InChI=1S/C16H16N4O7S/c21-15(22)14-13-11(8-17-19(13)7-6-10-4-2-1-3-5-10)12-9-18(14)16(23)20(12)27-28(24,25)26/h1-5,8,12,14H,6-7,9H2,(H,21,22)(H,24,25,26)/t12-,14-/m0/s1. The highest BCUT2D eigenvalue weighted by Gasteiger charge is 2.54. The number of carboxylic acid groups (broad SMARTS) is 1. The van der Waals surface area contributed by atoms with E-state index in [-0.39, 0.29) is 12.2 Å². The number of aliphatic carboxylic acids is 1. The van der Waals surface area contributed by atoms with Gasteiger partial charge >= 0.3 is 22.4 Å². The van der Waals surface area contributed by atoms with Gasteiger partial charge in [-0.05, 0) is 12.0 Å². The number of aryl methyl sites for hydroxylation is 2. The van der Waals surface area contributed by atoms with Crippen molar-refractivity contribution in [3.63, 3.8) is 0 Å². The number of carboxylic acids is 1. The number of rotatable bonds is 6. The van der Waals surface area contributed by atoms with E-state index in [0.29, 0.717) is 23.6 Å². The predicted octanol–water partition coefficient (Wildman–Crippen LogP) is 0.778. The van der Waals surface area contributed by atoms with Crippen molar-refractivity contribution in [1.82, 2.24) is 19.7 Å². The van der Waals surface area contributed by atoms with Gasteiger partial charge in [-0.3, -0.25) is 9.23 Å². The number of nitrogens with zero attached hydrogens (tertiary/aromatic N) is 4. The first-order valence-corrected chi connectivity index (χ1v) is 9.72. The molecule has 1 aromatic heterocycles. The van der Waals surface area contributed by atoms with Gasteiger partial charge in [-0.2, -0.15) is 18.6 Å². The van der Waals surface area contributed by atoms with Crippen molar-refractivity contribution in [2.45, 2.75) is 25.0 Å². The minimum atomic E-state index is -4.96. The summed E-state index contributed by atoms with van der Waals surface area (Å²) in [5, 5.41) is 14.4. The molecule has 2 N–H and O–H groups in total. The van der Waals surface area contributed by atoms with Gasteiger partial charge in [-0.15, -0.1) is 4.28 Å². The Morgan fingerprint density at radius 2 is 2.00 bits per heavy atom. The molecule has 0 spiro atoms. The van der Waals surface area contributed by atoms with Gasteiger partial charge in [0.25, 0.3) is 0 Å². The Morgan fingerprint density at radius 3 is 2.64 bits per heavy atom. The Balaban J connectivity index is 1.70. The summed E-state index contributed by atoms with van der Waals surface area (Å²) in [6.45, 7) is 0.278. The Kier molecular flexibility index (Phi) is 4.33. The van der Waals surface area contributed by atoms with E-state index < -0.39 is 34.5 Å². The van der Waals surface area contributed by atoms with Crippen LogP contribution in [0.25, 0.3) is 0 Å². The molecule has 28 heavy (non-hydrogen) atoms. The maximum atomic E-state index is 12.5. The van der Waals surface area contributed by atoms with Crippen LogP contribution in [-0.4, -0.2) is 56.4 Å². The molecule has 1 saturated heterocycles. The van der Waals surface area contributed by atoms with Crippen LogP contribution in [0.2, 0.25) is 0 Å². The molecule has 1 fully saturated rings. The summed E-state index contributed by atoms with van der Waals surface area (Å²) in [4.78, 5) is 25.4. The van der Waals surface area contributed by atoms with Crippen LogP contribution in [0.5, 0.6) is 0 Å². The summed E-state index contributed by atoms with van der Waals surface area (Å²) >= 11 is 0. The lowest BCUT2D eigenvalue weighted by Gasteiger charge is -2.28. The summed E-state index contributed by atoms with van der Waals surface area (Å²) in [5.74, 6) is -1.27. The Morgan fingerprint density at radius 1 is 1.29 bits per heavy atom. The van der Waals surface area contributed by atoms with Crippen LogP contribution < -0.4 is 0 Å². The number of carbonyl (C=O) groups is 2. The lowest BCUT2D eigenvalue weighted by molar-refractivity contribution is -0.142. The van der Waals surface area contributed by atoms with Crippen molar-refractivity contribution in [1.29, 1.82) is 0 Å². The van der Waals surface area contributed by atoms with E-state index in [0.717, 1.165) is 10.5 Å². The molecule has 0 saturated carbocycles. The van der Waals surface area contributed by atoms with Gasteiger partial charge in [0.2, 0.25) is 0 Å². The van der Waals surface area contributed by atoms with Gasteiger partial charge < -0.3 is 10.0 Å². The fraction of sp³-hybridized carbons (Fsp3) is 0.312. The van der Waals surface area contributed by atoms with Crippen LogP contribution in [0, 0.1) is 0 Å². The third-order valence-corrected chi connectivity index (χ3v) is 5.14. The molecule has 0 radical (unpaired) electrons. The molecule has 2 atom stereocenters. The molecule has 148 valence electrons. The number of aromatic nitrogens is 2. The molecule has 2 aromatic rings. The molecule has 2 aliphatic rings. The lowest BCUT2D eigenvalue weighted by Crippen LogP contribution is -2.39. The fourth-order valence-electron chi connectivity index (χ4n) is 3.65. The average Bonchev–Trinajstić information content (AvgIpc) is 3.16. The SMILES string of the molecule is O=C(O)[C@@H]1c2c(cnn2CCc2ccccc2)[C@@H]2CN1C(=O)N2OS(=O)(=O)O. The number of benzene rings is 1. The van der Waals surface area contributed by atoms with Gasteiger partial charge in [-0.1, -0.05) is 30.3 Å². The van der Waals surface area contributed by atoms with E-state index in [4.69, 9.17) is 4.55 Å². The summed E-state index contributed by atoms with van der Waals surface area (Å²) in [6, 6.07) is 6.34. The first-order chi connectivity index (χ1) is 13.3. The summed E-state index contributed by atoms with van der Waals surface area (Å²) in [5.41, 5.74) is 1.69. The summed E-state index contributed by atoms with van der Waals surface area (Å²) in [6.07, 6.45) is 1.99. The lowest BCUT2D eigenvalue weighted by atomic mass is 9.98. The minimum absolute atomic E-state index is 0.0945. The molecular weight excluding hydrogens is 392 g/mol. The smallest absolute Gasteiger partial charge is 0.418 e. The number of hydrogen-bond acceptors (Lipinski definition) is 6. The van der Waals surface area contributed by atoms with Gasteiger partial charge in [0.15, 0.2) is 6.04 Å². The number of hydroxylamine groups is 2. The van der Waals surface area contributed by atoms with Crippen molar-refractivity contribution in [2.75, 3.05) is 6.54 Å². The van der Waals surface area contributed by atoms with Gasteiger partial charge in [0.1, 0.15) is 6.04 Å². The number of fused-ring (bicyclic) bond motifs is 4. The second-order valence-electron chi connectivity index (χ2n) is 6.46. The highest BCUT2D eigenvalue weighted by atomic mass is 32.3. The maximum Gasteiger partial charge on any atom is 0.418 e. The normalized spacial score (nSPS) is 21.1. The Bertz CT molecular complexity index is 1040. The number of urea groups is 1. The third-order valence-electron chi connectivity index (χ3n) is 4.79. The maximum absolute atomic E-state index is 12.5. The number of carbonyl (C=O) groups excluding carboxylic acids is 1. The molecule has 11 nitrogen and oxygen atoms in total. The molecule has 1 aromatic carbocycles. The van der Waals surface area contributed by atoms with Crippen molar-refractivity contribution in [3.8, 4) is 0 Å². The molecule has 0 aliphatic carbocycles. The minimum Gasteiger partial charge on any atom is -0.479 e. The van der Waals surface area contributed by atoms with E-state index in [1.807, 2.05) is 30.3 Å². The van der Waals surface area contributed by atoms with E-state index >= 15 is 0 Å². The van der Waals surface area contributed by atoms with Crippen molar-refractivity contribution in [2.24, 2.45) is 0 Å². The highest BCUT2D eigenvalue weighted by Crippen LogP contribution is 2.44. The molecule has 3 heterocycles. The number of hydrogen-bond donors (Lipinski definition) is 2. The topological polar surface area (TPSA) is 142 Å². The zero-order valence-electron chi connectivity index (χ0n) is 14.4. The van der Waals surface area contributed by atoms with Gasteiger partial charge in [-0.25, -0.2) is 9.59 Å². The van der Waals surface area contributed by atoms with E-state index in [9.17, 15) is 23.1 Å². The molecular formula is C16H16N4O7S. The Labute approximate surface area is 159 Å². The van der Waals surface area contributed by atoms with Crippen molar-refractivity contribution in [3.05, 3.63) is 53.3 Å². The van der Waals surface area contributed by atoms with Crippen LogP contribution in [0.4, 0.5) is 4.79 Å². The molecule has 0 unspecified atom stereocenters. The van der Waals surface area contributed by atoms with Gasteiger partial charge in [0, 0.05) is 12.1 Å². The molecule has 4 rings (SSSR count). The Hall–Kier alpha value is -2.96. The van der Waals surface area contributed by atoms with Crippen LogP contribution in [0.1, 0.15) is 28.9 Å². The van der Waals surface area contributed by atoms with E-state index in [1.54, 1.807) is 0 Å². The van der Waals surface area contributed by atoms with Crippen LogP contribution in [-0.2, 0) is 32.4 Å². The largest absolute Gasteiger partial charge is 0.479 e. The van der Waals surface area contributed by atoms with Crippen LogP contribution in [0.3, 0.4) is 0 Å². The average molecular weight is 408 g/mol. The quantitative estimate of drug-likeness (QED) is 0.668. The first-order valence-electron chi connectivity index (χ1n) is 8.35. The molecule has 2 bridgehead atoms. The van der Waals surface area contributed by atoms with E-state index in [1.165, 1.54) is 10.9 Å². The molecule has 2 aliphatic heterocycles. The monoisotopic (exact) mass is 408 g/mol. The first kappa shape index (κ1) is 18.4. The predicted molar refractivity (Wildman–Crippen MR) is 92.1 cm³/mol. The summed E-state index contributed by atoms with van der Waals surface area (Å²) in [7, 11) is -4.96. The third kappa shape index (κ3) is 3.10. The summed E-state index contributed by atoms with van der Waals surface area (Å²) < 4.78 is 37.0. The molecule has 12 heteroatoms. The fourth-order valence-corrected chi connectivity index (χ4v) is 4.02.